The number of likely N-dealkylation sites (tertiary alicyclic amines) is 1. The first-order chi connectivity index (χ1) is 14.9. The van der Waals surface area contributed by atoms with Crippen LogP contribution in [0.4, 0.5) is 13.2 Å². The van der Waals surface area contributed by atoms with Crippen LogP contribution in [-0.2, 0) is 0 Å². The topological polar surface area (TPSA) is 84.0 Å². The summed E-state index contributed by atoms with van der Waals surface area (Å²) < 4.78 is 49.6. The van der Waals surface area contributed by atoms with E-state index in [9.17, 15) is 13.6 Å². The Morgan fingerprint density at radius 3 is 2.52 bits per heavy atom. The molecule has 158 valence electrons. The van der Waals surface area contributed by atoms with Gasteiger partial charge in [0, 0.05) is 24.7 Å². The van der Waals surface area contributed by atoms with Gasteiger partial charge in [-0.25, -0.2) is 18.7 Å². The number of ether oxygens (including phenoxy) is 1. The third-order valence-corrected chi connectivity index (χ3v) is 5.01. The van der Waals surface area contributed by atoms with E-state index in [1.54, 1.807) is 6.07 Å². The Balaban J connectivity index is 1.91. The molecule has 0 atom stereocenters. The highest BCUT2D eigenvalue weighted by atomic mass is 19.1. The van der Waals surface area contributed by atoms with Gasteiger partial charge in [-0.2, -0.15) is 9.65 Å². The highest BCUT2D eigenvalue weighted by Crippen LogP contribution is 2.29. The average Bonchev–Trinajstić information content (AvgIpc) is 3.41. The number of aromatic nitrogens is 3. The molecule has 1 aromatic carbocycles. The van der Waals surface area contributed by atoms with Gasteiger partial charge in [-0.1, -0.05) is 0 Å². The van der Waals surface area contributed by atoms with Crippen LogP contribution in [0.3, 0.4) is 0 Å². The molecule has 0 N–H and O–H groups in total. The van der Waals surface area contributed by atoms with Crippen molar-refractivity contribution in [3.63, 3.8) is 0 Å². The maximum atomic E-state index is 15.5. The van der Waals surface area contributed by atoms with Crippen LogP contribution in [0.25, 0.3) is 17.1 Å². The quantitative estimate of drug-likeness (QED) is 0.637. The number of carbonyl (C=O) groups excluding carboxylic acids is 1. The number of hydrogen-bond acceptors (Lipinski definition) is 5. The summed E-state index contributed by atoms with van der Waals surface area (Å²) in [6.45, 7) is 0.954. The van der Waals surface area contributed by atoms with E-state index in [1.807, 2.05) is 0 Å². The fraction of sp³-hybridized carbons (Fsp3) is 0.238. The lowest BCUT2D eigenvalue weighted by Crippen LogP contribution is -2.28. The summed E-state index contributed by atoms with van der Waals surface area (Å²) in [5.74, 6) is -3.73. The standard InChI is InChI=1S/C21H16F3N5O2/c1-31-20-16(23)9-14(11-26-20)29-18(24)17(21(30)28-6-2-3-7-28)27-19(29)12-4-5-13(10-25)15(22)8-12/h4-5,8-9,11H,2-3,6-7H2,1H3. The molecule has 0 aliphatic carbocycles. The number of hydrogen-bond donors (Lipinski definition) is 0. The van der Waals surface area contributed by atoms with Crippen LogP contribution in [0.1, 0.15) is 28.9 Å². The van der Waals surface area contributed by atoms with Crippen molar-refractivity contribution in [2.75, 3.05) is 20.2 Å². The number of benzene rings is 1. The molecule has 31 heavy (non-hydrogen) atoms. The highest BCUT2D eigenvalue weighted by molar-refractivity contribution is 5.93. The number of amides is 1. The van der Waals surface area contributed by atoms with Crippen LogP contribution in [0.2, 0.25) is 0 Å². The lowest BCUT2D eigenvalue weighted by Gasteiger charge is -2.13. The summed E-state index contributed by atoms with van der Waals surface area (Å²) in [5.41, 5.74) is -0.624. The molecule has 1 fully saturated rings. The molecule has 2 aromatic heterocycles. The lowest BCUT2D eigenvalue weighted by atomic mass is 10.1. The Morgan fingerprint density at radius 2 is 1.90 bits per heavy atom. The molecule has 1 saturated heterocycles. The van der Waals surface area contributed by atoms with E-state index in [2.05, 4.69) is 9.97 Å². The normalized spacial score (nSPS) is 13.3. The van der Waals surface area contributed by atoms with E-state index in [0.29, 0.717) is 13.1 Å². The van der Waals surface area contributed by atoms with Crippen molar-refractivity contribution in [3.05, 3.63) is 59.3 Å². The van der Waals surface area contributed by atoms with Crippen LogP contribution in [0, 0.1) is 28.9 Å². The van der Waals surface area contributed by atoms with E-state index in [0.717, 1.165) is 35.7 Å². The van der Waals surface area contributed by atoms with Gasteiger partial charge in [0.2, 0.25) is 11.8 Å². The number of carbonyl (C=O) groups is 1. The summed E-state index contributed by atoms with van der Waals surface area (Å²) in [7, 11) is 1.24. The molecule has 3 heterocycles. The highest BCUT2D eigenvalue weighted by Gasteiger charge is 2.30. The summed E-state index contributed by atoms with van der Waals surface area (Å²) in [6, 6.07) is 6.28. The second-order valence-electron chi connectivity index (χ2n) is 6.90. The Labute approximate surface area is 175 Å². The molecule has 10 heteroatoms. The lowest BCUT2D eigenvalue weighted by molar-refractivity contribution is 0.0782. The molecule has 1 aliphatic rings. The summed E-state index contributed by atoms with van der Waals surface area (Å²) >= 11 is 0. The summed E-state index contributed by atoms with van der Waals surface area (Å²) in [5, 5.41) is 8.95. The zero-order valence-electron chi connectivity index (χ0n) is 16.4. The number of halogens is 3. The van der Waals surface area contributed by atoms with Crippen molar-refractivity contribution in [1.82, 2.24) is 19.4 Å². The number of methoxy groups -OCH3 is 1. The van der Waals surface area contributed by atoms with E-state index >= 15 is 4.39 Å². The van der Waals surface area contributed by atoms with E-state index in [4.69, 9.17) is 10.00 Å². The van der Waals surface area contributed by atoms with Crippen LogP contribution in [-0.4, -0.2) is 45.5 Å². The Hall–Kier alpha value is -3.87. The van der Waals surface area contributed by atoms with Crippen LogP contribution in [0.15, 0.2) is 30.5 Å². The van der Waals surface area contributed by atoms with Crippen molar-refractivity contribution >= 4 is 5.91 Å². The third-order valence-electron chi connectivity index (χ3n) is 5.01. The van der Waals surface area contributed by atoms with Gasteiger partial charge in [0.25, 0.3) is 5.91 Å². The monoisotopic (exact) mass is 427 g/mol. The number of nitriles is 1. The molecule has 1 amide bonds. The van der Waals surface area contributed by atoms with E-state index < -0.39 is 29.2 Å². The summed E-state index contributed by atoms with van der Waals surface area (Å²) in [4.78, 5) is 22.2. The maximum absolute atomic E-state index is 15.5. The minimum Gasteiger partial charge on any atom is -0.479 e. The first-order valence-corrected chi connectivity index (χ1v) is 9.42. The number of nitrogens with zero attached hydrogens (tertiary/aromatic N) is 5. The molecule has 3 aromatic rings. The molecule has 0 spiro atoms. The third kappa shape index (κ3) is 3.59. The van der Waals surface area contributed by atoms with Crippen LogP contribution in [0.5, 0.6) is 5.88 Å². The van der Waals surface area contributed by atoms with Gasteiger partial charge < -0.3 is 9.64 Å². The van der Waals surface area contributed by atoms with Gasteiger partial charge in [0.15, 0.2) is 11.5 Å². The Kier molecular flexibility index (Phi) is 5.33. The van der Waals surface area contributed by atoms with Gasteiger partial charge in [0.05, 0.1) is 24.6 Å². The molecule has 0 radical (unpaired) electrons. The van der Waals surface area contributed by atoms with Gasteiger partial charge in [-0.15, -0.1) is 0 Å². The number of pyridine rings is 1. The zero-order chi connectivity index (χ0) is 22.1. The first-order valence-electron chi connectivity index (χ1n) is 9.42. The molecular formula is C21H16F3N5O2. The van der Waals surface area contributed by atoms with Crippen molar-refractivity contribution in [1.29, 1.82) is 5.26 Å². The molecule has 4 rings (SSSR count). The van der Waals surface area contributed by atoms with Crippen LogP contribution < -0.4 is 4.74 Å². The molecule has 0 saturated carbocycles. The van der Waals surface area contributed by atoms with Crippen LogP contribution >= 0.6 is 0 Å². The van der Waals surface area contributed by atoms with Gasteiger partial charge >= 0.3 is 0 Å². The van der Waals surface area contributed by atoms with Crippen molar-refractivity contribution in [2.24, 2.45) is 0 Å². The maximum Gasteiger partial charge on any atom is 0.277 e. The number of rotatable bonds is 4. The fourth-order valence-electron chi connectivity index (χ4n) is 3.47. The molecule has 1 aliphatic heterocycles. The average molecular weight is 427 g/mol. The molecule has 0 unspecified atom stereocenters. The van der Waals surface area contributed by atoms with E-state index in [-0.39, 0.29) is 28.5 Å². The molecule has 0 bridgehead atoms. The van der Waals surface area contributed by atoms with Crippen molar-refractivity contribution < 1.29 is 22.7 Å². The molecule has 7 nitrogen and oxygen atoms in total. The Bertz CT molecular complexity index is 1210. The second kappa shape index (κ2) is 8.10. The first kappa shape index (κ1) is 20.4. The molecular weight excluding hydrogens is 411 g/mol. The SMILES string of the molecule is COc1ncc(-n2c(-c3ccc(C#N)c(F)c3)nc(C(=O)N3CCCC3)c2F)cc1F. The largest absolute Gasteiger partial charge is 0.479 e. The Morgan fingerprint density at radius 1 is 1.16 bits per heavy atom. The van der Waals surface area contributed by atoms with E-state index in [1.165, 1.54) is 24.1 Å². The predicted octanol–water partition coefficient (Wildman–Crippen LogP) is 3.47. The predicted molar refractivity (Wildman–Crippen MR) is 103 cm³/mol. The smallest absolute Gasteiger partial charge is 0.277 e. The van der Waals surface area contributed by atoms with Crippen molar-refractivity contribution in [2.45, 2.75) is 12.8 Å². The van der Waals surface area contributed by atoms with Gasteiger partial charge in [-0.3, -0.25) is 9.36 Å². The number of imidazole rings is 1. The second-order valence-corrected chi connectivity index (χ2v) is 6.90. The minimum absolute atomic E-state index is 0.0662. The van der Waals surface area contributed by atoms with Gasteiger partial charge in [0.1, 0.15) is 17.7 Å². The zero-order valence-corrected chi connectivity index (χ0v) is 16.4. The summed E-state index contributed by atoms with van der Waals surface area (Å²) in [6.07, 6.45) is 2.75. The minimum atomic E-state index is -1.02. The fourth-order valence-corrected chi connectivity index (χ4v) is 3.47. The van der Waals surface area contributed by atoms with Gasteiger partial charge in [-0.05, 0) is 31.0 Å². The van der Waals surface area contributed by atoms with Crippen molar-refractivity contribution in [3.8, 4) is 29.0 Å².